The lowest BCUT2D eigenvalue weighted by Crippen LogP contribution is -2.61. The molecule has 0 aromatic carbocycles. The van der Waals surface area contributed by atoms with Gasteiger partial charge in [0.15, 0.2) is 0 Å². The van der Waals surface area contributed by atoms with Gasteiger partial charge in [0.2, 0.25) is 0 Å². The zero-order valence-corrected chi connectivity index (χ0v) is 10.6. The normalized spacial score (nSPS) is 27.9. The highest BCUT2D eigenvalue weighted by Gasteiger charge is 2.42. The van der Waals surface area contributed by atoms with Crippen molar-refractivity contribution in [3.8, 4) is 0 Å². The maximum atomic E-state index is 4.68. The van der Waals surface area contributed by atoms with Crippen LogP contribution >= 0.6 is 0 Å². The minimum Gasteiger partial charge on any atom is -0.296 e. The predicted octanol–water partition coefficient (Wildman–Crippen LogP) is 2.26. The van der Waals surface area contributed by atoms with Crippen LogP contribution in [-0.4, -0.2) is 35.6 Å². The molecule has 0 spiro atoms. The van der Waals surface area contributed by atoms with Crippen molar-refractivity contribution in [2.45, 2.75) is 64.6 Å². The summed E-state index contributed by atoms with van der Waals surface area (Å²) in [5, 5.41) is 4.68. The zero-order valence-electron chi connectivity index (χ0n) is 10.6. The maximum absolute atomic E-state index is 4.68. The first-order valence-corrected chi connectivity index (χ1v) is 5.70. The second-order valence-corrected chi connectivity index (χ2v) is 5.74. The molecule has 0 amide bonds. The first-order chi connectivity index (χ1) is 6.29. The van der Waals surface area contributed by atoms with Crippen LogP contribution in [0.15, 0.2) is 0 Å². The van der Waals surface area contributed by atoms with Crippen molar-refractivity contribution in [3.05, 3.63) is 0 Å². The Morgan fingerprint density at radius 2 is 1.57 bits per heavy atom. The van der Waals surface area contributed by atoms with Gasteiger partial charge in [0.1, 0.15) is 0 Å². The minimum absolute atomic E-state index is 0.283. The third kappa shape index (κ3) is 2.29. The van der Waals surface area contributed by atoms with Crippen molar-refractivity contribution in [1.29, 1.82) is 0 Å². The van der Waals surface area contributed by atoms with Crippen LogP contribution in [0.25, 0.3) is 0 Å². The summed E-state index contributed by atoms with van der Waals surface area (Å²) in [5.74, 6) is 0. The molecule has 1 radical (unpaired) electrons. The Morgan fingerprint density at radius 3 is 1.93 bits per heavy atom. The molecular formula is C12H25N2. The number of nitrogens with zero attached hydrogens (tertiary/aromatic N) is 2. The summed E-state index contributed by atoms with van der Waals surface area (Å²) in [6.07, 6.45) is 2.39. The van der Waals surface area contributed by atoms with Gasteiger partial charge < -0.3 is 0 Å². The highest BCUT2D eigenvalue weighted by molar-refractivity contribution is 5.00. The van der Waals surface area contributed by atoms with E-state index in [2.05, 4.69) is 51.9 Å². The molecule has 1 saturated heterocycles. The molecule has 0 saturated carbocycles. The summed E-state index contributed by atoms with van der Waals surface area (Å²) in [6, 6.07) is 0.557. The second-order valence-electron chi connectivity index (χ2n) is 5.74. The Labute approximate surface area is 89.1 Å². The SMILES string of the molecule is CC[N]C1CC(C)(C)N(C)C(C)(C)C1. The van der Waals surface area contributed by atoms with Crippen molar-refractivity contribution in [3.63, 3.8) is 0 Å². The molecule has 0 bridgehead atoms. The first kappa shape index (κ1) is 12.0. The number of hydrogen-bond donors (Lipinski definition) is 0. The first-order valence-electron chi connectivity index (χ1n) is 5.70. The fraction of sp³-hybridized carbons (Fsp3) is 1.00. The molecule has 83 valence electrons. The Morgan fingerprint density at radius 1 is 1.14 bits per heavy atom. The van der Waals surface area contributed by atoms with Gasteiger partial charge in [0.25, 0.3) is 0 Å². The lowest BCUT2D eigenvalue weighted by molar-refractivity contribution is -0.0184. The van der Waals surface area contributed by atoms with E-state index in [9.17, 15) is 0 Å². The number of hydrogen-bond acceptors (Lipinski definition) is 1. The Bertz CT molecular complexity index is 178. The monoisotopic (exact) mass is 197 g/mol. The minimum atomic E-state index is 0.283. The van der Waals surface area contributed by atoms with E-state index >= 15 is 0 Å². The number of rotatable bonds is 2. The van der Waals surface area contributed by atoms with Crippen LogP contribution in [0.4, 0.5) is 0 Å². The van der Waals surface area contributed by atoms with Crippen LogP contribution in [0.3, 0.4) is 0 Å². The molecule has 1 heterocycles. The Balaban J connectivity index is 2.75. The quantitative estimate of drug-likeness (QED) is 0.664. The molecule has 2 nitrogen and oxygen atoms in total. The summed E-state index contributed by atoms with van der Waals surface area (Å²) in [6.45, 7) is 12.4. The molecule has 1 fully saturated rings. The summed E-state index contributed by atoms with van der Waals surface area (Å²) >= 11 is 0. The second kappa shape index (κ2) is 3.82. The molecule has 14 heavy (non-hydrogen) atoms. The van der Waals surface area contributed by atoms with E-state index in [1.807, 2.05) is 0 Å². The fourth-order valence-corrected chi connectivity index (χ4v) is 2.71. The summed E-state index contributed by atoms with van der Waals surface area (Å²) < 4.78 is 0. The van der Waals surface area contributed by atoms with Crippen LogP contribution < -0.4 is 5.32 Å². The average Bonchev–Trinajstić information content (AvgIpc) is 1.99. The van der Waals surface area contributed by atoms with Crippen molar-refractivity contribution in [2.24, 2.45) is 0 Å². The average molecular weight is 197 g/mol. The van der Waals surface area contributed by atoms with Crippen molar-refractivity contribution < 1.29 is 0 Å². The highest BCUT2D eigenvalue weighted by Crippen LogP contribution is 2.36. The summed E-state index contributed by atoms with van der Waals surface area (Å²) in [7, 11) is 2.24. The zero-order chi connectivity index (χ0) is 11.0. The van der Waals surface area contributed by atoms with E-state index in [-0.39, 0.29) is 11.1 Å². The molecule has 1 aliphatic rings. The van der Waals surface area contributed by atoms with Gasteiger partial charge in [0.05, 0.1) is 0 Å². The molecule has 0 atom stereocenters. The van der Waals surface area contributed by atoms with Gasteiger partial charge in [-0.1, -0.05) is 6.92 Å². The predicted molar refractivity (Wildman–Crippen MR) is 61.6 cm³/mol. The molecule has 0 aromatic heterocycles. The standard InChI is InChI=1S/C12H25N2/c1-7-13-10-8-11(2,3)14(6)12(4,5)9-10/h10H,7-9H2,1-6H3. The van der Waals surface area contributed by atoms with Gasteiger partial charge in [-0.15, -0.1) is 0 Å². The third-order valence-electron chi connectivity index (χ3n) is 3.73. The van der Waals surface area contributed by atoms with E-state index in [1.54, 1.807) is 0 Å². The van der Waals surface area contributed by atoms with Gasteiger partial charge >= 0.3 is 0 Å². The van der Waals surface area contributed by atoms with Crippen molar-refractivity contribution in [1.82, 2.24) is 10.2 Å². The van der Waals surface area contributed by atoms with Crippen molar-refractivity contribution in [2.75, 3.05) is 13.6 Å². The lowest BCUT2D eigenvalue weighted by Gasteiger charge is -2.53. The largest absolute Gasteiger partial charge is 0.296 e. The van der Waals surface area contributed by atoms with Crippen LogP contribution in [0.2, 0.25) is 0 Å². The van der Waals surface area contributed by atoms with E-state index in [1.165, 1.54) is 12.8 Å². The summed E-state index contributed by atoms with van der Waals surface area (Å²) in [4.78, 5) is 2.50. The molecule has 0 N–H and O–H groups in total. The van der Waals surface area contributed by atoms with E-state index in [0.29, 0.717) is 6.04 Å². The molecule has 0 aromatic rings. The lowest BCUT2D eigenvalue weighted by atomic mass is 9.77. The molecular weight excluding hydrogens is 172 g/mol. The smallest absolute Gasteiger partial charge is 0.0280 e. The number of piperidine rings is 1. The topological polar surface area (TPSA) is 17.3 Å². The van der Waals surface area contributed by atoms with Crippen LogP contribution in [0, 0.1) is 0 Å². The van der Waals surface area contributed by atoms with Crippen LogP contribution in [0.1, 0.15) is 47.5 Å². The van der Waals surface area contributed by atoms with E-state index in [4.69, 9.17) is 0 Å². The number of likely N-dealkylation sites (tertiary alicyclic amines) is 1. The molecule has 2 heteroatoms. The molecule has 0 unspecified atom stereocenters. The maximum Gasteiger partial charge on any atom is 0.0280 e. The Hall–Kier alpha value is -0.0800. The highest BCUT2D eigenvalue weighted by atomic mass is 15.2. The van der Waals surface area contributed by atoms with Gasteiger partial charge in [0, 0.05) is 23.7 Å². The summed E-state index contributed by atoms with van der Waals surface area (Å²) in [5.41, 5.74) is 0.566. The van der Waals surface area contributed by atoms with E-state index < -0.39 is 0 Å². The van der Waals surface area contributed by atoms with Gasteiger partial charge in [-0.25, -0.2) is 5.32 Å². The fourth-order valence-electron chi connectivity index (χ4n) is 2.71. The molecule has 0 aliphatic carbocycles. The van der Waals surface area contributed by atoms with Gasteiger partial charge in [-0.05, 0) is 47.6 Å². The Kier molecular flexibility index (Phi) is 3.27. The molecule has 1 rings (SSSR count). The molecule has 1 aliphatic heterocycles. The van der Waals surface area contributed by atoms with Crippen LogP contribution in [-0.2, 0) is 0 Å². The van der Waals surface area contributed by atoms with E-state index in [0.717, 1.165) is 6.54 Å². The third-order valence-corrected chi connectivity index (χ3v) is 3.73. The van der Waals surface area contributed by atoms with Crippen LogP contribution in [0.5, 0.6) is 0 Å². The van der Waals surface area contributed by atoms with Gasteiger partial charge in [-0.2, -0.15) is 0 Å². The van der Waals surface area contributed by atoms with Crippen molar-refractivity contribution >= 4 is 0 Å². The van der Waals surface area contributed by atoms with Gasteiger partial charge in [-0.3, -0.25) is 4.90 Å².